The number of allylic oxidation sites excluding steroid dienone is 1. The first-order chi connectivity index (χ1) is 16.3. The van der Waals surface area contributed by atoms with E-state index >= 15 is 0 Å². The second-order valence-electron chi connectivity index (χ2n) is 9.20. The van der Waals surface area contributed by atoms with Gasteiger partial charge in [-0.2, -0.15) is 0 Å². The molecule has 6 heteroatoms. The van der Waals surface area contributed by atoms with E-state index in [9.17, 15) is 4.39 Å². The van der Waals surface area contributed by atoms with Gasteiger partial charge in [0.05, 0.1) is 13.2 Å². The van der Waals surface area contributed by atoms with Crippen molar-refractivity contribution in [3.63, 3.8) is 0 Å². The molecule has 2 aromatic carbocycles. The number of ether oxygens (including phenoxy) is 1. The predicted octanol–water partition coefficient (Wildman–Crippen LogP) is 4.84. The number of H-pyrrole nitrogens is 1. The molecule has 1 atom stereocenters. The number of piperidine rings is 1. The molecular weight excluding hydrogens is 415 g/mol. The van der Waals surface area contributed by atoms with Gasteiger partial charge in [0.1, 0.15) is 11.7 Å². The van der Waals surface area contributed by atoms with Gasteiger partial charge < -0.3 is 19.5 Å². The third-order valence-corrected chi connectivity index (χ3v) is 7.18. The van der Waals surface area contributed by atoms with Crippen molar-refractivity contribution in [1.29, 1.82) is 0 Å². The number of hydrogen-bond acceptors (Lipinski definition) is 4. The lowest BCUT2D eigenvalue weighted by Gasteiger charge is -2.35. The zero-order valence-electron chi connectivity index (χ0n) is 18.8. The van der Waals surface area contributed by atoms with Crippen LogP contribution >= 0.6 is 0 Å². The van der Waals surface area contributed by atoms with E-state index in [-0.39, 0.29) is 5.82 Å². The van der Waals surface area contributed by atoms with Crippen molar-refractivity contribution >= 4 is 22.4 Å². The second kappa shape index (κ2) is 8.67. The second-order valence-corrected chi connectivity index (χ2v) is 9.20. The fourth-order valence-corrected chi connectivity index (χ4v) is 5.49. The van der Waals surface area contributed by atoms with E-state index in [0.717, 1.165) is 75.4 Å². The van der Waals surface area contributed by atoms with E-state index in [1.165, 1.54) is 28.4 Å². The molecular formula is C27H29FN4O. The summed E-state index contributed by atoms with van der Waals surface area (Å²) in [6.45, 7) is 5.34. The average Bonchev–Trinajstić information content (AvgIpc) is 3.16. The third kappa shape index (κ3) is 3.93. The van der Waals surface area contributed by atoms with Crippen LogP contribution < -0.4 is 4.90 Å². The molecule has 0 radical (unpaired) electrons. The number of anilines is 1. The number of aromatic amines is 1. The molecule has 1 N–H and O–H groups in total. The Hall–Kier alpha value is -3.12. The van der Waals surface area contributed by atoms with Gasteiger partial charge in [0, 0.05) is 66.6 Å². The molecule has 2 fully saturated rings. The Kier molecular flexibility index (Phi) is 5.38. The van der Waals surface area contributed by atoms with Gasteiger partial charge in [0.15, 0.2) is 0 Å². The van der Waals surface area contributed by atoms with E-state index in [0.29, 0.717) is 5.92 Å². The van der Waals surface area contributed by atoms with E-state index in [1.807, 2.05) is 12.3 Å². The normalized spacial score (nSPS) is 21.1. The highest BCUT2D eigenvalue weighted by molar-refractivity contribution is 6.01. The highest BCUT2D eigenvalue weighted by Crippen LogP contribution is 2.34. The SMILES string of the molecule is Fc1ccc2[nH]cc(C3CCCN(C4=NC=CCc5cc(N6CCOCC6)ccc54)C3)c2c1. The number of rotatable bonds is 2. The monoisotopic (exact) mass is 444 g/mol. The van der Waals surface area contributed by atoms with Crippen LogP contribution in [0.3, 0.4) is 0 Å². The molecule has 5 nitrogen and oxygen atoms in total. The van der Waals surface area contributed by atoms with Crippen LogP contribution in [0, 0.1) is 5.82 Å². The molecule has 0 bridgehead atoms. The van der Waals surface area contributed by atoms with Gasteiger partial charge in [0.25, 0.3) is 0 Å². The van der Waals surface area contributed by atoms with Gasteiger partial charge in [-0.3, -0.25) is 0 Å². The standard InChI is InChI=1S/C27H29FN4O/c28-21-5-8-26-24(16-21)25(17-30-26)20-4-2-10-32(18-20)27-23-7-6-22(31-11-13-33-14-12-31)15-19(23)3-1-9-29-27/h1,5-9,15-17,20,30H,2-4,10-14,18H2. The molecule has 4 heterocycles. The Morgan fingerprint density at radius 3 is 2.85 bits per heavy atom. The summed E-state index contributed by atoms with van der Waals surface area (Å²) in [5.74, 6) is 1.22. The van der Waals surface area contributed by atoms with Crippen molar-refractivity contribution in [2.24, 2.45) is 4.99 Å². The van der Waals surface area contributed by atoms with Gasteiger partial charge in [-0.25, -0.2) is 9.38 Å². The lowest BCUT2D eigenvalue weighted by molar-refractivity contribution is 0.122. The highest BCUT2D eigenvalue weighted by Gasteiger charge is 2.28. The van der Waals surface area contributed by atoms with Crippen LogP contribution in [-0.2, 0) is 11.2 Å². The van der Waals surface area contributed by atoms with Crippen molar-refractivity contribution in [3.05, 3.63) is 77.4 Å². The summed E-state index contributed by atoms with van der Waals surface area (Å²) in [6.07, 6.45) is 9.25. The number of morpholine rings is 1. The van der Waals surface area contributed by atoms with Crippen LogP contribution in [0.15, 0.2) is 59.9 Å². The van der Waals surface area contributed by atoms with Crippen LogP contribution in [-0.4, -0.2) is 55.1 Å². The van der Waals surface area contributed by atoms with Crippen LogP contribution in [0.1, 0.15) is 35.4 Å². The quantitative estimate of drug-likeness (QED) is 0.615. The Morgan fingerprint density at radius 1 is 1.03 bits per heavy atom. The van der Waals surface area contributed by atoms with Gasteiger partial charge in [-0.1, -0.05) is 6.08 Å². The summed E-state index contributed by atoms with van der Waals surface area (Å²) in [7, 11) is 0. The van der Waals surface area contributed by atoms with Crippen molar-refractivity contribution < 1.29 is 9.13 Å². The number of aliphatic imine (C=N–C) groups is 1. The molecule has 0 amide bonds. The first-order valence-corrected chi connectivity index (χ1v) is 12.0. The summed E-state index contributed by atoms with van der Waals surface area (Å²) in [5, 5.41) is 1.00. The van der Waals surface area contributed by atoms with Crippen molar-refractivity contribution in [2.45, 2.75) is 25.2 Å². The summed E-state index contributed by atoms with van der Waals surface area (Å²) in [4.78, 5) is 13.0. The van der Waals surface area contributed by atoms with E-state index in [4.69, 9.17) is 9.73 Å². The number of nitrogens with one attached hydrogen (secondary N) is 1. The van der Waals surface area contributed by atoms with Crippen molar-refractivity contribution in [3.8, 4) is 0 Å². The first-order valence-electron chi connectivity index (χ1n) is 12.0. The number of nitrogens with zero attached hydrogens (tertiary/aromatic N) is 3. The van der Waals surface area contributed by atoms with Gasteiger partial charge in [-0.15, -0.1) is 0 Å². The number of hydrogen-bond donors (Lipinski definition) is 1. The smallest absolute Gasteiger partial charge is 0.136 e. The van der Waals surface area contributed by atoms with Crippen LogP contribution in [0.25, 0.3) is 10.9 Å². The van der Waals surface area contributed by atoms with Gasteiger partial charge in [-0.05, 0) is 66.8 Å². The zero-order chi connectivity index (χ0) is 22.2. The number of aromatic nitrogens is 1. The minimum atomic E-state index is -0.181. The molecule has 33 heavy (non-hydrogen) atoms. The number of halogens is 1. The number of fused-ring (bicyclic) bond motifs is 2. The Bertz CT molecular complexity index is 1220. The molecule has 3 aliphatic heterocycles. The fraction of sp³-hybridized carbons (Fsp3) is 0.370. The third-order valence-electron chi connectivity index (χ3n) is 7.18. The first kappa shape index (κ1) is 20.5. The summed E-state index contributed by atoms with van der Waals surface area (Å²) < 4.78 is 19.5. The maximum Gasteiger partial charge on any atom is 0.136 e. The highest BCUT2D eigenvalue weighted by atomic mass is 19.1. The molecule has 1 unspecified atom stereocenters. The van der Waals surface area contributed by atoms with Gasteiger partial charge >= 0.3 is 0 Å². The Morgan fingerprint density at radius 2 is 1.94 bits per heavy atom. The number of benzene rings is 2. The number of likely N-dealkylation sites (tertiary alicyclic amines) is 1. The number of amidine groups is 1. The maximum atomic E-state index is 13.9. The maximum absolute atomic E-state index is 13.9. The molecule has 0 aliphatic carbocycles. The minimum absolute atomic E-state index is 0.181. The topological polar surface area (TPSA) is 43.9 Å². The lowest BCUT2D eigenvalue weighted by Crippen LogP contribution is -2.40. The molecule has 6 rings (SSSR count). The van der Waals surface area contributed by atoms with Crippen LogP contribution in [0.5, 0.6) is 0 Å². The summed E-state index contributed by atoms with van der Waals surface area (Å²) in [6, 6.07) is 11.8. The molecule has 0 spiro atoms. The molecule has 2 saturated heterocycles. The fourth-order valence-electron chi connectivity index (χ4n) is 5.49. The van der Waals surface area contributed by atoms with Crippen molar-refractivity contribution in [2.75, 3.05) is 44.3 Å². The van der Waals surface area contributed by atoms with E-state index in [2.05, 4.69) is 45.3 Å². The Labute approximate surface area is 193 Å². The lowest BCUT2D eigenvalue weighted by atomic mass is 9.89. The van der Waals surface area contributed by atoms with Crippen molar-refractivity contribution in [1.82, 2.24) is 9.88 Å². The average molecular weight is 445 g/mol. The molecule has 0 saturated carbocycles. The van der Waals surface area contributed by atoms with Gasteiger partial charge in [0.2, 0.25) is 0 Å². The van der Waals surface area contributed by atoms with Crippen LogP contribution in [0.2, 0.25) is 0 Å². The van der Waals surface area contributed by atoms with E-state index in [1.54, 1.807) is 6.07 Å². The summed E-state index contributed by atoms with van der Waals surface area (Å²) in [5.41, 5.74) is 6.02. The molecule has 1 aromatic heterocycles. The largest absolute Gasteiger partial charge is 0.378 e. The molecule has 170 valence electrons. The zero-order valence-corrected chi connectivity index (χ0v) is 18.8. The minimum Gasteiger partial charge on any atom is -0.378 e. The predicted molar refractivity (Wildman–Crippen MR) is 131 cm³/mol. The van der Waals surface area contributed by atoms with Crippen LogP contribution in [0.4, 0.5) is 10.1 Å². The Balaban J connectivity index is 1.29. The summed E-state index contributed by atoms with van der Waals surface area (Å²) >= 11 is 0. The van der Waals surface area contributed by atoms with E-state index < -0.39 is 0 Å². The molecule has 3 aliphatic rings. The molecule has 3 aromatic rings.